The van der Waals surface area contributed by atoms with E-state index in [1.54, 1.807) is 6.20 Å². The molecule has 144 valence electrons. The van der Waals surface area contributed by atoms with E-state index in [4.69, 9.17) is 0 Å². The molecule has 0 aromatic carbocycles. The van der Waals surface area contributed by atoms with Crippen LogP contribution in [-0.4, -0.2) is 14.8 Å². The molecule has 4 nitrogen and oxygen atoms in total. The monoisotopic (exact) mass is 351 g/mol. The summed E-state index contributed by atoms with van der Waals surface area (Å²) in [4.78, 5) is 11.2. The molecular weight excluding hydrogens is 314 g/mol. The molecule has 0 spiro atoms. The molecule has 1 aromatic heterocycles. The summed E-state index contributed by atoms with van der Waals surface area (Å²) in [6.07, 6.45) is 19.9. The van der Waals surface area contributed by atoms with Crippen LogP contribution in [0.2, 0.25) is 0 Å². The smallest absolute Gasteiger partial charge is 0.238 e. The summed E-state index contributed by atoms with van der Waals surface area (Å²) in [5.41, 5.74) is -0.533. The Morgan fingerprint density at radius 3 is 1.68 bits per heavy atom. The lowest BCUT2D eigenvalue weighted by molar-refractivity contribution is 0.354. The third kappa shape index (κ3) is 9.57. The standard InChI is InChI=1S/C21H37NO3/c1-2-3-4-5-6-7-8-9-10-11-12-13-14-15-17-22-18-16-19(23)20(24)21(22)25/h16,18,24-25H,2-15,17H2,1H3. The van der Waals surface area contributed by atoms with Crippen LogP contribution in [0.3, 0.4) is 0 Å². The van der Waals surface area contributed by atoms with Crippen molar-refractivity contribution >= 4 is 0 Å². The summed E-state index contributed by atoms with van der Waals surface area (Å²) in [7, 11) is 0. The number of aryl methyl sites for hydroxylation is 1. The van der Waals surface area contributed by atoms with Crippen LogP contribution in [0.1, 0.15) is 96.8 Å². The molecule has 0 fully saturated rings. The molecule has 0 atom stereocenters. The topological polar surface area (TPSA) is 62.5 Å². The Hall–Kier alpha value is -1.45. The Balaban J connectivity index is 1.91. The molecule has 2 N–H and O–H groups in total. The summed E-state index contributed by atoms with van der Waals surface area (Å²) in [5.74, 6) is -0.866. The van der Waals surface area contributed by atoms with E-state index in [1.807, 2.05) is 0 Å². The molecule has 0 aliphatic carbocycles. The number of nitrogens with zero attached hydrogens (tertiary/aromatic N) is 1. The van der Waals surface area contributed by atoms with Crippen molar-refractivity contribution in [2.75, 3.05) is 0 Å². The van der Waals surface area contributed by atoms with Gasteiger partial charge in [-0.2, -0.15) is 0 Å². The van der Waals surface area contributed by atoms with Crippen molar-refractivity contribution in [2.24, 2.45) is 0 Å². The van der Waals surface area contributed by atoms with Gasteiger partial charge < -0.3 is 14.8 Å². The van der Waals surface area contributed by atoms with Gasteiger partial charge in [-0.25, -0.2) is 0 Å². The summed E-state index contributed by atoms with van der Waals surface area (Å²) >= 11 is 0. The molecule has 1 rings (SSSR count). The van der Waals surface area contributed by atoms with Crippen LogP contribution in [0.4, 0.5) is 0 Å². The lowest BCUT2D eigenvalue weighted by atomic mass is 10.0. The molecule has 1 heterocycles. The van der Waals surface area contributed by atoms with Crippen molar-refractivity contribution in [2.45, 2.75) is 103 Å². The van der Waals surface area contributed by atoms with E-state index in [-0.39, 0.29) is 5.88 Å². The molecular formula is C21H37NO3. The fourth-order valence-electron chi connectivity index (χ4n) is 3.21. The van der Waals surface area contributed by atoms with Gasteiger partial charge in [-0.1, -0.05) is 90.4 Å². The Labute approximate surface area is 152 Å². The van der Waals surface area contributed by atoms with Crippen LogP contribution in [0.5, 0.6) is 11.6 Å². The molecule has 0 unspecified atom stereocenters. The lowest BCUT2D eigenvalue weighted by Gasteiger charge is -2.09. The largest absolute Gasteiger partial charge is 0.500 e. The summed E-state index contributed by atoms with van der Waals surface area (Å²) in [6, 6.07) is 1.29. The normalized spacial score (nSPS) is 11.1. The van der Waals surface area contributed by atoms with E-state index in [0.717, 1.165) is 12.8 Å². The van der Waals surface area contributed by atoms with Crippen molar-refractivity contribution in [1.82, 2.24) is 4.57 Å². The summed E-state index contributed by atoms with van der Waals surface area (Å²) in [6.45, 7) is 2.90. The number of hydrogen-bond donors (Lipinski definition) is 2. The van der Waals surface area contributed by atoms with Crippen LogP contribution in [-0.2, 0) is 6.54 Å². The second-order valence-corrected chi connectivity index (χ2v) is 7.14. The van der Waals surface area contributed by atoms with Crippen molar-refractivity contribution in [3.63, 3.8) is 0 Å². The second-order valence-electron chi connectivity index (χ2n) is 7.14. The van der Waals surface area contributed by atoms with Crippen LogP contribution in [0, 0.1) is 0 Å². The zero-order chi connectivity index (χ0) is 18.3. The van der Waals surface area contributed by atoms with E-state index in [1.165, 1.54) is 87.7 Å². The zero-order valence-electron chi connectivity index (χ0n) is 16.0. The minimum atomic E-state index is -0.548. The van der Waals surface area contributed by atoms with Gasteiger partial charge >= 0.3 is 0 Å². The molecule has 0 saturated carbocycles. The predicted molar refractivity (Wildman–Crippen MR) is 104 cm³/mol. The Kier molecular flexibility index (Phi) is 11.9. The number of rotatable bonds is 15. The molecule has 0 bridgehead atoms. The quantitative estimate of drug-likeness (QED) is 0.396. The van der Waals surface area contributed by atoms with Gasteiger partial charge in [0.1, 0.15) is 0 Å². The SMILES string of the molecule is CCCCCCCCCCCCCCCCn1ccc(=O)c(O)c1O. The van der Waals surface area contributed by atoms with Gasteiger partial charge in [0, 0.05) is 18.8 Å². The van der Waals surface area contributed by atoms with E-state index in [9.17, 15) is 15.0 Å². The highest BCUT2D eigenvalue weighted by atomic mass is 16.3. The minimum Gasteiger partial charge on any atom is -0.500 e. The summed E-state index contributed by atoms with van der Waals surface area (Å²) in [5, 5.41) is 19.1. The van der Waals surface area contributed by atoms with Crippen molar-refractivity contribution in [1.29, 1.82) is 0 Å². The Bertz CT molecular complexity index is 510. The van der Waals surface area contributed by atoms with Gasteiger partial charge in [0.15, 0.2) is 0 Å². The highest BCUT2D eigenvalue weighted by Crippen LogP contribution is 2.19. The first kappa shape index (κ1) is 21.6. The van der Waals surface area contributed by atoms with E-state index >= 15 is 0 Å². The third-order valence-corrected chi connectivity index (χ3v) is 4.88. The number of pyridine rings is 1. The first-order chi connectivity index (χ1) is 12.2. The average molecular weight is 352 g/mol. The maximum atomic E-state index is 11.2. The summed E-state index contributed by atoms with van der Waals surface area (Å²) < 4.78 is 1.54. The van der Waals surface area contributed by atoms with Gasteiger partial charge in [-0.15, -0.1) is 0 Å². The van der Waals surface area contributed by atoms with Gasteiger partial charge in [0.2, 0.25) is 17.1 Å². The second kappa shape index (κ2) is 13.8. The van der Waals surface area contributed by atoms with Crippen LogP contribution < -0.4 is 5.43 Å². The Morgan fingerprint density at radius 2 is 1.20 bits per heavy atom. The zero-order valence-corrected chi connectivity index (χ0v) is 16.0. The maximum Gasteiger partial charge on any atom is 0.238 e. The molecule has 0 saturated heterocycles. The van der Waals surface area contributed by atoms with Crippen molar-refractivity contribution < 1.29 is 10.2 Å². The van der Waals surface area contributed by atoms with Crippen LogP contribution >= 0.6 is 0 Å². The van der Waals surface area contributed by atoms with E-state index in [2.05, 4.69) is 6.92 Å². The maximum absolute atomic E-state index is 11.2. The van der Waals surface area contributed by atoms with Gasteiger partial charge in [0.05, 0.1) is 0 Å². The van der Waals surface area contributed by atoms with Crippen molar-refractivity contribution in [3.8, 4) is 11.6 Å². The van der Waals surface area contributed by atoms with Gasteiger partial charge in [0.25, 0.3) is 0 Å². The van der Waals surface area contributed by atoms with E-state index in [0.29, 0.717) is 6.54 Å². The number of aromatic hydroxyl groups is 2. The van der Waals surface area contributed by atoms with Crippen LogP contribution in [0.25, 0.3) is 0 Å². The van der Waals surface area contributed by atoms with Crippen molar-refractivity contribution in [3.05, 3.63) is 22.5 Å². The number of unbranched alkanes of at least 4 members (excludes halogenated alkanes) is 13. The molecule has 4 heteroatoms. The molecule has 0 amide bonds. The predicted octanol–water partition coefficient (Wildman–Crippen LogP) is 5.74. The highest BCUT2D eigenvalue weighted by molar-refractivity contribution is 5.30. The molecule has 0 radical (unpaired) electrons. The highest BCUT2D eigenvalue weighted by Gasteiger charge is 2.07. The fraction of sp³-hybridized carbons (Fsp3) is 0.762. The molecule has 1 aromatic rings. The average Bonchev–Trinajstić information content (AvgIpc) is 2.61. The fourth-order valence-corrected chi connectivity index (χ4v) is 3.21. The molecule has 0 aliphatic rings. The lowest BCUT2D eigenvalue weighted by Crippen LogP contribution is -2.06. The van der Waals surface area contributed by atoms with Crippen LogP contribution in [0.15, 0.2) is 17.1 Å². The first-order valence-corrected chi connectivity index (χ1v) is 10.3. The minimum absolute atomic E-state index is 0.317. The third-order valence-electron chi connectivity index (χ3n) is 4.88. The Morgan fingerprint density at radius 1 is 0.760 bits per heavy atom. The van der Waals surface area contributed by atoms with Gasteiger partial charge in [-0.3, -0.25) is 4.79 Å². The number of aromatic nitrogens is 1. The first-order valence-electron chi connectivity index (χ1n) is 10.3. The van der Waals surface area contributed by atoms with E-state index < -0.39 is 11.2 Å². The van der Waals surface area contributed by atoms with Gasteiger partial charge in [-0.05, 0) is 6.42 Å². The number of hydrogen-bond acceptors (Lipinski definition) is 3. The molecule has 0 aliphatic heterocycles. The molecule has 25 heavy (non-hydrogen) atoms.